The number of halogens is 1. The molecule has 2 aromatic rings. The highest BCUT2D eigenvalue weighted by Crippen LogP contribution is 2.28. The molecule has 14 heavy (non-hydrogen) atoms. The third kappa shape index (κ3) is 1.43. The summed E-state index contributed by atoms with van der Waals surface area (Å²) in [5.41, 5.74) is 7.04. The number of fused-ring (bicyclic) bond motifs is 1. The summed E-state index contributed by atoms with van der Waals surface area (Å²) in [6.07, 6.45) is -0.646. The van der Waals surface area contributed by atoms with Crippen LogP contribution in [-0.4, -0.2) is 21.8 Å². The van der Waals surface area contributed by atoms with Gasteiger partial charge in [-0.1, -0.05) is 12.1 Å². The minimum absolute atomic E-state index is 0.205. The van der Waals surface area contributed by atoms with Crippen LogP contribution in [0.5, 0.6) is 0 Å². The second kappa shape index (κ2) is 3.68. The first-order valence-corrected chi connectivity index (χ1v) is 5.04. The SMILES string of the molecule is NCC(O)c1cccc2n[nH]c(Br)c12. The van der Waals surface area contributed by atoms with E-state index >= 15 is 0 Å². The first-order valence-electron chi connectivity index (χ1n) is 4.24. The van der Waals surface area contributed by atoms with Crippen LogP contribution >= 0.6 is 15.9 Å². The first-order chi connectivity index (χ1) is 6.74. The van der Waals surface area contributed by atoms with Crippen LogP contribution in [0.4, 0.5) is 0 Å². The first kappa shape index (κ1) is 9.64. The van der Waals surface area contributed by atoms with Crippen LogP contribution < -0.4 is 5.73 Å². The highest BCUT2D eigenvalue weighted by Gasteiger charge is 2.13. The van der Waals surface area contributed by atoms with E-state index in [1.54, 1.807) is 0 Å². The fourth-order valence-corrected chi connectivity index (χ4v) is 1.98. The number of aliphatic hydroxyl groups is 1. The monoisotopic (exact) mass is 255 g/mol. The van der Waals surface area contributed by atoms with Gasteiger partial charge in [0, 0.05) is 11.9 Å². The molecule has 0 aliphatic heterocycles. The summed E-state index contributed by atoms with van der Waals surface area (Å²) in [6, 6.07) is 5.58. The van der Waals surface area contributed by atoms with E-state index in [1.165, 1.54) is 0 Å². The summed E-state index contributed by atoms with van der Waals surface area (Å²) >= 11 is 3.35. The van der Waals surface area contributed by atoms with E-state index in [0.717, 1.165) is 21.1 Å². The fourth-order valence-electron chi connectivity index (χ4n) is 1.46. The Kier molecular flexibility index (Phi) is 2.54. The Morgan fingerprint density at radius 1 is 1.57 bits per heavy atom. The van der Waals surface area contributed by atoms with Crippen molar-refractivity contribution < 1.29 is 5.11 Å². The Balaban J connectivity index is 2.69. The lowest BCUT2D eigenvalue weighted by atomic mass is 10.1. The second-order valence-corrected chi connectivity index (χ2v) is 3.82. The van der Waals surface area contributed by atoms with E-state index in [1.807, 2.05) is 18.2 Å². The van der Waals surface area contributed by atoms with Gasteiger partial charge in [0.25, 0.3) is 0 Å². The molecule has 4 N–H and O–H groups in total. The van der Waals surface area contributed by atoms with Crippen molar-refractivity contribution in [2.45, 2.75) is 6.10 Å². The van der Waals surface area contributed by atoms with Crippen molar-refractivity contribution in [1.29, 1.82) is 0 Å². The molecule has 0 radical (unpaired) electrons. The molecular weight excluding hydrogens is 246 g/mol. The Hall–Kier alpha value is -0.910. The number of nitrogens with two attached hydrogens (primary N) is 1. The molecule has 74 valence electrons. The van der Waals surface area contributed by atoms with Gasteiger partial charge in [0.15, 0.2) is 0 Å². The number of H-pyrrole nitrogens is 1. The molecule has 5 heteroatoms. The molecule has 1 atom stereocenters. The van der Waals surface area contributed by atoms with Crippen molar-refractivity contribution in [3.8, 4) is 0 Å². The second-order valence-electron chi connectivity index (χ2n) is 3.03. The number of rotatable bonds is 2. The van der Waals surface area contributed by atoms with Crippen molar-refractivity contribution >= 4 is 26.8 Å². The van der Waals surface area contributed by atoms with Gasteiger partial charge >= 0.3 is 0 Å². The van der Waals surface area contributed by atoms with Crippen LogP contribution in [0.15, 0.2) is 22.8 Å². The molecule has 4 nitrogen and oxygen atoms in total. The summed E-state index contributed by atoms with van der Waals surface area (Å²) < 4.78 is 0.774. The number of aromatic amines is 1. The highest BCUT2D eigenvalue weighted by molar-refractivity contribution is 9.10. The third-order valence-electron chi connectivity index (χ3n) is 2.15. The zero-order chi connectivity index (χ0) is 10.1. The van der Waals surface area contributed by atoms with E-state index in [4.69, 9.17) is 5.73 Å². The van der Waals surface area contributed by atoms with Crippen LogP contribution in [0.3, 0.4) is 0 Å². The number of hydrogen-bond acceptors (Lipinski definition) is 3. The van der Waals surface area contributed by atoms with Crippen LogP contribution in [0.1, 0.15) is 11.7 Å². The quantitative estimate of drug-likeness (QED) is 0.758. The largest absolute Gasteiger partial charge is 0.387 e. The van der Waals surface area contributed by atoms with Crippen LogP contribution in [0.2, 0.25) is 0 Å². The van der Waals surface area contributed by atoms with Crippen molar-refractivity contribution in [1.82, 2.24) is 10.2 Å². The van der Waals surface area contributed by atoms with E-state index in [2.05, 4.69) is 26.1 Å². The van der Waals surface area contributed by atoms with Gasteiger partial charge in [-0.3, -0.25) is 5.10 Å². The van der Waals surface area contributed by atoms with Crippen LogP contribution in [0, 0.1) is 0 Å². The smallest absolute Gasteiger partial charge is 0.109 e. The maximum atomic E-state index is 9.68. The van der Waals surface area contributed by atoms with Crippen molar-refractivity contribution in [2.75, 3.05) is 6.54 Å². The molecule has 0 saturated carbocycles. The molecule has 0 aliphatic rings. The maximum Gasteiger partial charge on any atom is 0.109 e. The van der Waals surface area contributed by atoms with Gasteiger partial charge in [0.1, 0.15) is 4.60 Å². The predicted molar refractivity (Wildman–Crippen MR) is 57.8 cm³/mol. The van der Waals surface area contributed by atoms with E-state index in [0.29, 0.717) is 0 Å². The molecule has 2 rings (SSSR count). The zero-order valence-corrected chi connectivity index (χ0v) is 8.95. The minimum atomic E-state index is -0.646. The topological polar surface area (TPSA) is 74.9 Å². The molecule has 1 aromatic carbocycles. The van der Waals surface area contributed by atoms with E-state index in [9.17, 15) is 5.11 Å². The number of benzene rings is 1. The van der Waals surface area contributed by atoms with Crippen molar-refractivity contribution in [2.24, 2.45) is 5.73 Å². The van der Waals surface area contributed by atoms with Gasteiger partial charge in [-0.25, -0.2) is 0 Å². The minimum Gasteiger partial charge on any atom is -0.387 e. The van der Waals surface area contributed by atoms with Gasteiger partial charge in [0.05, 0.1) is 11.6 Å². The number of nitrogens with one attached hydrogen (secondary N) is 1. The molecule has 0 bridgehead atoms. The molecule has 0 spiro atoms. The van der Waals surface area contributed by atoms with Gasteiger partial charge in [0.2, 0.25) is 0 Å². The number of hydrogen-bond donors (Lipinski definition) is 3. The van der Waals surface area contributed by atoms with Crippen LogP contribution in [0.25, 0.3) is 10.9 Å². The van der Waals surface area contributed by atoms with Crippen molar-refractivity contribution in [3.63, 3.8) is 0 Å². The van der Waals surface area contributed by atoms with Gasteiger partial charge < -0.3 is 10.8 Å². The average molecular weight is 256 g/mol. The van der Waals surface area contributed by atoms with E-state index < -0.39 is 6.10 Å². The molecule has 0 amide bonds. The zero-order valence-electron chi connectivity index (χ0n) is 7.37. The van der Waals surface area contributed by atoms with Gasteiger partial charge in [-0.05, 0) is 27.6 Å². The Bertz CT molecular complexity index is 454. The van der Waals surface area contributed by atoms with Gasteiger partial charge in [-0.2, -0.15) is 5.10 Å². The number of aromatic nitrogens is 2. The summed E-state index contributed by atoms with van der Waals surface area (Å²) in [5, 5.41) is 17.5. The summed E-state index contributed by atoms with van der Waals surface area (Å²) in [6.45, 7) is 0.205. The number of aliphatic hydroxyl groups excluding tert-OH is 1. The molecular formula is C9H10BrN3O. The third-order valence-corrected chi connectivity index (χ3v) is 2.72. The highest BCUT2D eigenvalue weighted by atomic mass is 79.9. The lowest BCUT2D eigenvalue weighted by molar-refractivity contribution is 0.188. The summed E-state index contributed by atoms with van der Waals surface area (Å²) in [5.74, 6) is 0. The Morgan fingerprint density at radius 2 is 2.36 bits per heavy atom. The summed E-state index contributed by atoms with van der Waals surface area (Å²) in [7, 11) is 0. The predicted octanol–water partition coefficient (Wildman–Crippen LogP) is 1.32. The van der Waals surface area contributed by atoms with Crippen molar-refractivity contribution in [3.05, 3.63) is 28.4 Å². The molecule has 1 aromatic heterocycles. The van der Waals surface area contributed by atoms with Crippen LogP contribution in [-0.2, 0) is 0 Å². The molecule has 1 unspecified atom stereocenters. The Morgan fingerprint density at radius 3 is 3.07 bits per heavy atom. The number of nitrogens with zero attached hydrogens (tertiary/aromatic N) is 1. The lowest BCUT2D eigenvalue weighted by Gasteiger charge is -2.08. The van der Waals surface area contributed by atoms with Gasteiger partial charge in [-0.15, -0.1) is 0 Å². The molecule has 0 saturated heterocycles. The fraction of sp³-hybridized carbons (Fsp3) is 0.222. The average Bonchev–Trinajstić information content (AvgIpc) is 2.59. The maximum absolute atomic E-state index is 9.68. The Labute approximate surface area is 89.2 Å². The molecule has 1 heterocycles. The molecule has 0 aliphatic carbocycles. The standard InChI is InChI=1S/C9H10BrN3O/c10-9-8-5(7(14)4-11)2-1-3-6(8)12-13-9/h1-3,7,14H,4,11H2,(H,12,13). The summed E-state index contributed by atoms with van der Waals surface area (Å²) in [4.78, 5) is 0. The normalized spacial score (nSPS) is 13.4. The lowest BCUT2D eigenvalue weighted by Crippen LogP contribution is -2.11. The van der Waals surface area contributed by atoms with E-state index in [-0.39, 0.29) is 6.54 Å². The molecule has 0 fully saturated rings.